The maximum absolute atomic E-state index is 13.0. The first kappa shape index (κ1) is 11.9. The zero-order valence-electron chi connectivity index (χ0n) is 8.73. The van der Waals surface area contributed by atoms with E-state index >= 15 is 0 Å². The lowest BCUT2D eigenvalue weighted by atomic mass is 10.3. The molecule has 0 aliphatic rings. The first-order valence-electron chi connectivity index (χ1n) is 4.83. The molecule has 4 nitrogen and oxygen atoms in total. The van der Waals surface area contributed by atoms with Crippen LogP contribution in [0.1, 0.15) is 5.56 Å². The molecule has 0 radical (unpaired) electrons. The molecule has 0 atom stereocenters. The second-order valence-electron chi connectivity index (χ2n) is 3.25. The second kappa shape index (κ2) is 5.20. The van der Waals surface area contributed by atoms with Crippen LogP contribution in [0.15, 0.2) is 35.1 Å². The van der Waals surface area contributed by atoms with Gasteiger partial charge in [-0.3, -0.25) is 0 Å². The highest BCUT2D eigenvalue weighted by molar-refractivity contribution is 9.10. The van der Waals surface area contributed by atoms with Gasteiger partial charge in [-0.25, -0.2) is 14.4 Å². The molecule has 6 heteroatoms. The molecule has 0 amide bonds. The normalized spacial score (nSPS) is 10.3. The molecule has 0 aliphatic heterocycles. The highest BCUT2D eigenvalue weighted by Crippen LogP contribution is 2.28. The number of aromatic nitrogens is 2. The standard InChI is InChI=1S/C11H9BrFN3O/c12-9-2-1-8(13)3-10(9)17-11-15-5-7(4-14)6-16-11/h1-3,5-6H,4,14H2. The Hall–Kier alpha value is -1.53. The van der Waals surface area contributed by atoms with Gasteiger partial charge in [-0.2, -0.15) is 0 Å². The van der Waals surface area contributed by atoms with E-state index in [0.29, 0.717) is 16.8 Å². The summed E-state index contributed by atoms with van der Waals surface area (Å²) in [6, 6.07) is 4.28. The lowest BCUT2D eigenvalue weighted by Gasteiger charge is -2.06. The third-order valence-electron chi connectivity index (χ3n) is 2.01. The molecule has 1 aromatic heterocycles. The largest absolute Gasteiger partial charge is 0.423 e. The van der Waals surface area contributed by atoms with Crippen molar-refractivity contribution >= 4 is 15.9 Å². The number of hydrogen-bond donors (Lipinski definition) is 1. The Labute approximate surface area is 106 Å². The quantitative estimate of drug-likeness (QED) is 0.946. The van der Waals surface area contributed by atoms with Crippen LogP contribution in [0.25, 0.3) is 0 Å². The molecule has 0 saturated carbocycles. The van der Waals surface area contributed by atoms with E-state index in [9.17, 15) is 4.39 Å². The fourth-order valence-corrected chi connectivity index (χ4v) is 1.48. The monoisotopic (exact) mass is 297 g/mol. The SMILES string of the molecule is NCc1cnc(Oc2cc(F)ccc2Br)nc1. The maximum atomic E-state index is 13.0. The van der Waals surface area contributed by atoms with Crippen LogP contribution in [0.3, 0.4) is 0 Å². The average molecular weight is 298 g/mol. The number of ether oxygens (including phenoxy) is 1. The van der Waals surface area contributed by atoms with Crippen LogP contribution in [0.2, 0.25) is 0 Å². The molecule has 0 aliphatic carbocycles. The van der Waals surface area contributed by atoms with Gasteiger partial charge in [-0.05, 0) is 28.1 Å². The summed E-state index contributed by atoms with van der Waals surface area (Å²) >= 11 is 3.25. The van der Waals surface area contributed by atoms with Crippen LogP contribution < -0.4 is 10.5 Å². The number of nitrogens with two attached hydrogens (primary N) is 1. The van der Waals surface area contributed by atoms with Crippen molar-refractivity contribution in [2.45, 2.75) is 6.54 Å². The summed E-state index contributed by atoms with van der Waals surface area (Å²) in [4.78, 5) is 7.92. The Kier molecular flexibility index (Phi) is 3.65. The van der Waals surface area contributed by atoms with Crippen molar-refractivity contribution in [3.8, 4) is 11.8 Å². The molecular weight excluding hydrogens is 289 g/mol. The number of rotatable bonds is 3. The van der Waals surface area contributed by atoms with Crippen molar-refractivity contribution in [3.63, 3.8) is 0 Å². The van der Waals surface area contributed by atoms with Crippen LogP contribution >= 0.6 is 15.9 Å². The molecule has 0 unspecified atom stereocenters. The molecule has 2 rings (SSSR count). The Morgan fingerprint density at radius 1 is 1.29 bits per heavy atom. The number of nitrogens with zero attached hydrogens (tertiary/aromatic N) is 2. The van der Waals surface area contributed by atoms with Crippen LogP contribution in [0, 0.1) is 5.82 Å². The minimum absolute atomic E-state index is 0.147. The van der Waals surface area contributed by atoms with Crippen LogP contribution in [0.4, 0.5) is 4.39 Å². The van der Waals surface area contributed by atoms with E-state index in [1.165, 1.54) is 12.1 Å². The molecule has 0 fully saturated rings. The lowest BCUT2D eigenvalue weighted by molar-refractivity contribution is 0.434. The minimum atomic E-state index is -0.387. The third-order valence-corrected chi connectivity index (χ3v) is 2.67. The van der Waals surface area contributed by atoms with Crippen LogP contribution in [-0.2, 0) is 6.54 Å². The van der Waals surface area contributed by atoms with Gasteiger partial charge in [0, 0.05) is 30.6 Å². The Balaban J connectivity index is 2.22. The van der Waals surface area contributed by atoms with E-state index < -0.39 is 0 Å². The first-order chi connectivity index (χ1) is 8.19. The highest BCUT2D eigenvalue weighted by atomic mass is 79.9. The Bertz CT molecular complexity index is 519. The van der Waals surface area contributed by atoms with E-state index in [2.05, 4.69) is 25.9 Å². The zero-order valence-corrected chi connectivity index (χ0v) is 10.3. The predicted molar refractivity (Wildman–Crippen MR) is 64.1 cm³/mol. The van der Waals surface area contributed by atoms with Crippen molar-refractivity contribution in [1.82, 2.24) is 9.97 Å². The summed E-state index contributed by atoms with van der Waals surface area (Å²) in [5, 5.41) is 0. The summed E-state index contributed by atoms with van der Waals surface area (Å²) in [7, 11) is 0. The Morgan fingerprint density at radius 3 is 2.65 bits per heavy atom. The topological polar surface area (TPSA) is 61.0 Å². The van der Waals surface area contributed by atoms with Gasteiger partial charge < -0.3 is 10.5 Å². The molecule has 2 aromatic rings. The molecule has 1 aromatic carbocycles. The van der Waals surface area contributed by atoms with Gasteiger partial charge in [-0.1, -0.05) is 0 Å². The molecule has 1 heterocycles. The second-order valence-corrected chi connectivity index (χ2v) is 4.11. The summed E-state index contributed by atoms with van der Waals surface area (Å²) in [5.41, 5.74) is 6.22. The maximum Gasteiger partial charge on any atom is 0.321 e. The van der Waals surface area contributed by atoms with Gasteiger partial charge >= 0.3 is 6.01 Å². The molecule has 88 valence electrons. The van der Waals surface area contributed by atoms with Crippen molar-refractivity contribution in [2.24, 2.45) is 5.73 Å². The van der Waals surface area contributed by atoms with Crippen molar-refractivity contribution in [1.29, 1.82) is 0 Å². The zero-order chi connectivity index (χ0) is 12.3. The highest BCUT2D eigenvalue weighted by Gasteiger charge is 2.06. The number of benzene rings is 1. The average Bonchev–Trinajstić information content (AvgIpc) is 2.35. The fourth-order valence-electron chi connectivity index (χ4n) is 1.15. The molecule has 17 heavy (non-hydrogen) atoms. The lowest BCUT2D eigenvalue weighted by Crippen LogP contribution is -1.99. The molecule has 0 bridgehead atoms. The summed E-state index contributed by atoms with van der Waals surface area (Å²) in [5.74, 6) is -0.0627. The molecule has 0 spiro atoms. The van der Waals surface area contributed by atoms with Gasteiger partial charge in [0.1, 0.15) is 11.6 Å². The molecule has 0 saturated heterocycles. The van der Waals surface area contributed by atoms with Gasteiger partial charge in [0.25, 0.3) is 0 Å². The summed E-state index contributed by atoms with van der Waals surface area (Å²) < 4.78 is 19.0. The molecule has 2 N–H and O–H groups in total. The smallest absolute Gasteiger partial charge is 0.321 e. The Morgan fingerprint density at radius 2 is 2.00 bits per heavy atom. The summed E-state index contributed by atoms with van der Waals surface area (Å²) in [6.45, 7) is 0.365. The number of halogens is 2. The first-order valence-corrected chi connectivity index (χ1v) is 5.62. The predicted octanol–water partition coefficient (Wildman–Crippen LogP) is 2.63. The van der Waals surface area contributed by atoms with Crippen LogP contribution in [-0.4, -0.2) is 9.97 Å². The van der Waals surface area contributed by atoms with E-state index in [1.807, 2.05) is 0 Å². The van der Waals surface area contributed by atoms with E-state index in [-0.39, 0.29) is 11.8 Å². The van der Waals surface area contributed by atoms with E-state index in [0.717, 1.165) is 5.56 Å². The van der Waals surface area contributed by atoms with E-state index in [1.54, 1.807) is 18.5 Å². The van der Waals surface area contributed by atoms with Crippen molar-refractivity contribution in [2.75, 3.05) is 0 Å². The fraction of sp³-hybridized carbons (Fsp3) is 0.0909. The van der Waals surface area contributed by atoms with Crippen molar-refractivity contribution < 1.29 is 9.13 Å². The van der Waals surface area contributed by atoms with Gasteiger partial charge in [0.15, 0.2) is 0 Å². The van der Waals surface area contributed by atoms with Gasteiger partial charge in [-0.15, -0.1) is 0 Å². The van der Waals surface area contributed by atoms with Crippen molar-refractivity contribution in [3.05, 3.63) is 46.4 Å². The summed E-state index contributed by atoms with van der Waals surface area (Å²) in [6.07, 6.45) is 3.13. The number of hydrogen-bond acceptors (Lipinski definition) is 4. The van der Waals surface area contributed by atoms with Gasteiger partial charge in [0.2, 0.25) is 0 Å². The van der Waals surface area contributed by atoms with E-state index in [4.69, 9.17) is 10.5 Å². The third kappa shape index (κ3) is 2.98. The van der Waals surface area contributed by atoms with Crippen LogP contribution in [0.5, 0.6) is 11.8 Å². The molecular formula is C11H9BrFN3O. The minimum Gasteiger partial charge on any atom is -0.423 e. The van der Waals surface area contributed by atoms with Gasteiger partial charge in [0.05, 0.1) is 4.47 Å².